The summed E-state index contributed by atoms with van der Waals surface area (Å²) in [6.45, 7) is 3.63. The summed E-state index contributed by atoms with van der Waals surface area (Å²) in [6, 6.07) is 3.39. The second-order valence-corrected chi connectivity index (χ2v) is 4.71. The zero-order valence-electron chi connectivity index (χ0n) is 9.33. The number of rotatable bonds is 4. The van der Waals surface area contributed by atoms with Gasteiger partial charge in [0.25, 0.3) is 5.91 Å². The van der Waals surface area contributed by atoms with Gasteiger partial charge >= 0.3 is 0 Å². The largest absolute Gasteiger partial charge is 0.394 e. The summed E-state index contributed by atoms with van der Waals surface area (Å²) in [6.07, 6.45) is 2.16. The van der Waals surface area contributed by atoms with Crippen molar-refractivity contribution in [1.82, 2.24) is 10.3 Å². The molecule has 0 bridgehead atoms. The molecular formula is C11H15BrN2O2. The Morgan fingerprint density at radius 2 is 2.31 bits per heavy atom. The van der Waals surface area contributed by atoms with E-state index in [1.165, 1.54) is 6.20 Å². The van der Waals surface area contributed by atoms with Gasteiger partial charge in [0.15, 0.2) is 0 Å². The SMILES string of the molecule is CCC(C)(CO)NC(=O)c1ccc(Br)nc1. The summed E-state index contributed by atoms with van der Waals surface area (Å²) in [5.74, 6) is -0.224. The van der Waals surface area contributed by atoms with E-state index in [1.807, 2.05) is 6.92 Å². The predicted octanol–water partition coefficient (Wildman–Crippen LogP) is 1.73. The normalized spacial score (nSPS) is 14.2. The number of hydrogen-bond acceptors (Lipinski definition) is 3. The molecule has 1 aromatic heterocycles. The Morgan fingerprint density at radius 3 is 2.75 bits per heavy atom. The Bertz CT molecular complexity index is 361. The lowest BCUT2D eigenvalue weighted by atomic mass is 10.00. The average molecular weight is 287 g/mol. The van der Waals surface area contributed by atoms with Crippen LogP contribution >= 0.6 is 15.9 Å². The molecule has 1 unspecified atom stereocenters. The van der Waals surface area contributed by atoms with E-state index in [4.69, 9.17) is 0 Å². The molecule has 16 heavy (non-hydrogen) atoms. The zero-order valence-corrected chi connectivity index (χ0v) is 10.9. The Balaban J connectivity index is 2.76. The van der Waals surface area contributed by atoms with Gasteiger partial charge in [-0.3, -0.25) is 4.79 Å². The Morgan fingerprint density at radius 1 is 1.62 bits per heavy atom. The van der Waals surface area contributed by atoms with Gasteiger partial charge in [-0.25, -0.2) is 4.98 Å². The van der Waals surface area contributed by atoms with Gasteiger partial charge in [-0.05, 0) is 41.4 Å². The molecule has 0 radical (unpaired) electrons. The molecule has 0 saturated heterocycles. The van der Waals surface area contributed by atoms with E-state index in [1.54, 1.807) is 19.1 Å². The number of carbonyl (C=O) groups excluding carboxylic acids is 1. The summed E-state index contributed by atoms with van der Waals surface area (Å²) in [7, 11) is 0. The second-order valence-electron chi connectivity index (χ2n) is 3.90. The third-order valence-electron chi connectivity index (χ3n) is 2.53. The topological polar surface area (TPSA) is 62.2 Å². The fourth-order valence-corrected chi connectivity index (χ4v) is 1.33. The number of aliphatic hydroxyl groups excluding tert-OH is 1. The van der Waals surface area contributed by atoms with Crippen LogP contribution in [0.3, 0.4) is 0 Å². The van der Waals surface area contributed by atoms with Crippen LogP contribution in [0.15, 0.2) is 22.9 Å². The van der Waals surface area contributed by atoms with Crippen LogP contribution in [-0.4, -0.2) is 28.1 Å². The summed E-state index contributed by atoms with van der Waals surface area (Å²) in [4.78, 5) is 15.8. The maximum absolute atomic E-state index is 11.8. The minimum Gasteiger partial charge on any atom is -0.394 e. The minimum atomic E-state index is -0.579. The fourth-order valence-electron chi connectivity index (χ4n) is 1.10. The summed E-state index contributed by atoms with van der Waals surface area (Å²) in [5, 5.41) is 12.0. The van der Waals surface area contributed by atoms with E-state index in [2.05, 4.69) is 26.2 Å². The molecule has 1 amide bonds. The van der Waals surface area contributed by atoms with Crippen LogP contribution in [0.25, 0.3) is 0 Å². The zero-order chi connectivity index (χ0) is 12.2. The van der Waals surface area contributed by atoms with Crippen LogP contribution in [0.5, 0.6) is 0 Å². The van der Waals surface area contributed by atoms with E-state index in [-0.39, 0.29) is 12.5 Å². The van der Waals surface area contributed by atoms with Crippen molar-refractivity contribution in [2.24, 2.45) is 0 Å². The van der Waals surface area contributed by atoms with Gasteiger partial charge < -0.3 is 10.4 Å². The van der Waals surface area contributed by atoms with Gasteiger partial charge in [0.05, 0.1) is 17.7 Å². The number of aromatic nitrogens is 1. The number of nitrogens with one attached hydrogen (secondary N) is 1. The number of nitrogens with zero attached hydrogens (tertiary/aromatic N) is 1. The summed E-state index contributed by atoms with van der Waals surface area (Å²) in [5.41, 5.74) is -0.0965. The van der Waals surface area contributed by atoms with Gasteiger partial charge in [0, 0.05) is 6.20 Å². The van der Waals surface area contributed by atoms with E-state index in [9.17, 15) is 9.90 Å². The van der Waals surface area contributed by atoms with Gasteiger partial charge in [0.1, 0.15) is 4.60 Å². The summed E-state index contributed by atoms with van der Waals surface area (Å²) >= 11 is 3.20. The van der Waals surface area contributed by atoms with Crippen molar-refractivity contribution >= 4 is 21.8 Å². The van der Waals surface area contributed by atoms with Crippen molar-refractivity contribution in [3.63, 3.8) is 0 Å². The van der Waals surface area contributed by atoms with Crippen LogP contribution in [0, 0.1) is 0 Å². The summed E-state index contributed by atoms with van der Waals surface area (Å²) < 4.78 is 0.685. The molecule has 2 N–H and O–H groups in total. The quantitative estimate of drug-likeness (QED) is 0.829. The molecule has 0 aliphatic heterocycles. The van der Waals surface area contributed by atoms with Crippen LogP contribution < -0.4 is 5.32 Å². The highest BCUT2D eigenvalue weighted by atomic mass is 79.9. The molecule has 88 valence electrons. The number of amides is 1. The molecule has 0 aliphatic rings. The maximum atomic E-state index is 11.8. The van der Waals surface area contributed by atoms with Crippen molar-refractivity contribution < 1.29 is 9.90 Å². The van der Waals surface area contributed by atoms with Crippen LogP contribution in [0.2, 0.25) is 0 Å². The molecule has 0 aromatic carbocycles. The van der Waals surface area contributed by atoms with Crippen molar-refractivity contribution in [3.05, 3.63) is 28.5 Å². The van der Waals surface area contributed by atoms with Crippen LogP contribution in [0.4, 0.5) is 0 Å². The molecule has 1 heterocycles. The first-order chi connectivity index (χ1) is 7.50. The molecule has 4 nitrogen and oxygen atoms in total. The molecular weight excluding hydrogens is 272 g/mol. The van der Waals surface area contributed by atoms with Gasteiger partial charge in [-0.2, -0.15) is 0 Å². The lowest BCUT2D eigenvalue weighted by Gasteiger charge is -2.27. The van der Waals surface area contributed by atoms with E-state index in [0.29, 0.717) is 16.6 Å². The molecule has 0 spiro atoms. The van der Waals surface area contributed by atoms with E-state index < -0.39 is 5.54 Å². The molecule has 5 heteroatoms. The number of carbonyl (C=O) groups is 1. The number of hydrogen-bond donors (Lipinski definition) is 2. The lowest BCUT2D eigenvalue weighted by Crippen LogP contribution is -2.48. The minimum absolute atomic E-state index is 0.0841. The number of aliphatic hydroxyl groups is 1. The average Bonchev–Trinajstić information content (AvgIpc) is 2.29. The van der Waals surface area contributed by atoms with Crippen molar-refractivity contribution in [2.75, 3.05) is 6.61 Å². The molecule has 0 aliphatic carbocycles. The lowest BCUT2D eigenvalue weighted by molar-refractivity contribution is 0.0847. The highest BCUT2D eigenvalue weighted by molar-refractivity contribution is 9.10. The first kappa shape index (κ1) is 13.1. The highest BCUT2D eigenvalue weighted by Gasteiger charge is 2.23. The molecule has 1 atom stereocenters. The molecule has 0 fully saturated rings. The standard InChI is InChI=1S/C11H15BrN2O2/c1-3-11(2,7-15)14-10(16)8-4-5-9(12)13-6-8/h4-6,15H,3,7H2,1-2H3,(H,14,16). The smallest absolute Gasteiger partial charge is 0.253 e. The molecule has 1 aromatic rings. The Kier molecular flexibility index (Phi) is 4.44. The van der Waals surface area contributed by atoms with Crippen molar-refractivity contribution in [1.29, 1.82) is 0 Å². The van der Waals surface area contributed by atoms with Crippen molar-refractivity contribution in [3.8, 4) is 0 Å². The first-order valence-electron chi connectivity index (χ1n) is 5.05. The first-order valence-corrected chi connectivity index (χ1v) is 5.85. The van der Waals surface area contributed by atoms with Gasteiger partial charge in [0.2, 0.25) is 0 Å². The third kappa shape index (κ3) is 3.28. The van der Waals surface area contributed by atoms with Crippen LogP contribution in [-0.2, 0) is 0 Å². The number of pyridine rings is 1. The van der Waals surface area contributed by atoms with Gasteiger partial charge in [-0.1, -0.05) is 6.92 Å². The Labute approximate surface area is 103 Å². The Hall–Kier alpha value is -0.940. The van der Waals surface area contributed by atoms with Crippen molar-refractivity contribution in [2.45, 2.75) is 25.8 Å². The fraction of sp³-hybridized carbons (Fsp3) is 0.455. The highest BCUT2D eigenvalue weighted by Crippen LogP contribution is 2.11. The van der Waals surface area contributed by atoms with E-state index >= 15 is 0 Å². The molecule has 0 saturated carbocycles. The van der Waals surface area contributed by atoms with Gasteiger partial charge in [-0.15, -0.1) is 0 Å². The number of halogens is 1. The monoisotopic (exact) mass is 286 g/mol. The third-order valence-corrected chi connectivity index (χ3v) is 3.00. The second kappa shape index (κ2) is 5.41. The predicted molar refractivity (Wildman–Crippen MR) is 65.2 cm³/mol. The van der Waals surface area contributed by atoms with Crippen LogP contribution in [0.1, 0.15) is 30.6 Å². The molecule has 1 rings (SSSR count). The van der Waals surface area contributed by atoms with E-state index in [0.717, 1.165) is 0 Å². The maximum Gasteiger partial charge on any atom is 0.253 e.